The lowest BCUT2D eigenvalue weighted by Crippen LogP contribution is -2.35. The first-order valence-corrected chi connectivity index (χ1v) is 8.90. The highest BCUT2D eigenvalue weighted by atomic mass is 16.5. The van der Waals surface area contributed by atoms with Crippen molar-refractivity contribution in [3.63, 3.8) is 0 Å². The fraction of sp³-hybridized carbons (Fsp3) is 0.286. The molecule has 8 heteroatoms. The predicted octanol–water partition coefficient (Wildman–Crippen LogP) is 2.31. The number of benzene rings is 2. The van der Waals surface area contributed by atoms with E-state index in [4.69, 9.17) is 14.2 Å². The number of rotatable bonds is 8. The molecule has 0 aliphatic carbocycles. The predicted molar refractivity (Wildman–Crippen MR) is 107 cm³/mol. The lowest BCUT2D eigenvalue weighted by molar-refractivity contribution is -0.152. The third-order valence-corrected chi connectivity index (χ3v) is 3.97. The maximum atomic E-state index is 12.3. The van der Waals surface area contributed by atoms with Gasteiger partial charge in [-0.25, -0.2) is 0 Å². The first kappa shape index (κ1) is 21.7. The molecule has 0 aliphatic rings. The standard InChI is InChI=1S/C21H24N2O6/c1-13-6-5-7-16(8-13)23-20(25)14(2)29-19(24)12-22-21(26)15-9-17(27-3)11-18(10-15)28-4/h5-11,14H,12H2,1-4H3,(H,22,26)(H,23,25)/t14-/m1/s1. The van der Waals surface area contributed by atoms with E-state index in [1.807, 2.05) is 19.1 Å². The minimum atomic E-state index is -1.02. The molecule has 0 aromatic heterocycles. The maximum Gasteiger partial charge on any atom is 0.326 e. The molecule has 154 valence electrons. The molecule has 29 heavy (non-hydrogen) atoms. The fourth-order valence-electron chi connectivity index (χ4n) is 2.45. The van der Waals surface area contributed by atoms with Gasteiger partial charge in [0.25, 0.3) is 11.8 Å². The lowest BCUT2D eigenvalue weighted by atomic mass is 10.2. The molecular weight excluding hydrogens is 376 g/mol. The fourth-order valence-corrected chi connectivity index (χ4v) is 2.45. The Morgan fingerprint density at radius 3 is 2.24 bits per heavy atom. The van der Waals surface area contributed by atoms with E-state index in [0.717, 1.165) is 5.56 Å². The third kappa shape index (κ3) is 6.53. The van der Waals surface area contributed by atoms with Gasteiger partial charge in [0.15, 0.2) is 6.10 Å². The normalized spacial score (nSPS) is 11.2. The number of anilines is 1. The van der Waals surface area contributed by atoms with Crippen molar-refractivity contribution in [2.75, 3.05) is 26.1 Å². The van der Waals surface area contributed by atoms with Crippen LogP contribution in [-0.2, 0) is 14.3 Å². The Balaban J connectivity index is 1.87. The quantitative estimate of drug-likeness (QED) is 0.659. The van der Waals surface area contributed by atoms with Crippen LogP contribution in [0.5, 0.6) is 11.5 Å². The molecule has 2 N–H and O–H groups in total. The van der Waals surface area contributed by atoms with Gasteiger partial charge in [-0.2, -0.15) is 0 Å². The molecule has 0 radical (unpaired) electrons. The number of hydrogen-bond acceptors (Lipinski definition) is 6. The van der Waals surface area contributed by atoms with Gasteiger partial charge in [-0.15, -0.1) is 0 Å². The van der Waals surface area contributed by atoms with Crippen molar-refractivity contribution >= 4 is 23.5 Å². The average molecular weight is 400 g/mol. The van der Waals surface area contributed by atoms with Gasteiger partial charge in [-0.1, -0.05) is 12.1 Å². The molecule has 0 fully saturated rings. The van der Waals surface area contributed by atoms with Crippen LogP contribution in [0.4, 0.5) is 5.69 Å². The van der Waals surface area contributed by atoms with Crippen molar-refractivity contribution in [2.45, 2.75) is 20.0 Å². The van der Waals surface area contributed by atoms with Gasteiger partial charge in [-0.05, 0) is 43.7 Å². The summed E-state index contributed by atoms with van der Waals surface area (Å²) in [7, 11) is 2.94. The highest BCUT2D eigenvalue weighted by Crippen LogP contribution is 2.22. The van der Waals surface area contributed by atoms with Crippen LogP contribution in [-0.4, -0.2) is 44.7 Å². The zero-order chi connectivity index (χ0) is 21.4. The number of amides is 2. The summed E-state index contributed by atoms with van der Waals surface area (Å²) in [6.45, 7) is 2.97. The number of hydrogen-bond donors (Lipinski definition) is 2. The zero-order valence-electron chi connectivity index (χ0n) is 16.8. The minimum absolute atomic E-state index is 0.263. The zero-order valence-corrected chi connectivity index (χ0v) is 16.8. The summed E-state index contributed by atoms with van der Waals surface area (Å²) in [5.74, 6) is -0.819. The number of methoxy groups -OCH3 is 2. The Hall–Kier alpha value is -3.55. The Kier molecular flexibility index (Phi) is 7.59. The average Bonchev–Trinajstić information content (AvgIpc) is 2.71. The number of ether oxygens (including phenoxy) is 3. The first-order valence-electron chi connectivity index (χ1n) is 8.90. The van der Waals surface area contributed by atoms with Crippen LogP contribution >= 0.6 is 0 Å². The van der Waals surface area contributed by atoms with Crippen LogP contribution in [0, 0.1) is 6.92 Å². The van der Waals surface area contributed by atoms with Gasteiger partial charge in [0.1, 0.15) is 18.0 Å². The van der Waals surface area contributed by atoms with E-state index in [9.17, 15) is 14.4 Å². The minimum Gasteiger partial charge on any atom is -0.497 e. The van der Waals surface area contributed by atoms with Crippen molar-refractivity contribution in [3.8, 4) is 11.5 Å². The number of carbonyl (C=O) groups is 3. The summed E-state index contributed by atoms with van der Waals surface area (Å²) in [5.41, 5.74) is 1.86. The van der Waals surface area contributed by atoms with E-state index >= 15 is 0 Å². The van der Waals surface area contributed by atoms with Gasteiger partial charge in [0.2, 0.25) is 0 Å². The molecule has 0 saturated carbocycles. The Bertz CT molecular complexity index is 874. The van der Waals surface area contributed by atoms with E-state index in [-0.39, 0.29) is 12.1 Å². The molecular formula is C21H24N2O6. The molecule has 2 amide bonds. The molecule has 0 unspecified atom stereocenters. The summed E-state index contributed by atoms with van der Waals surface area (Å²) in [6, 6.07) is 11.9. The van der Waals surface area contributed by atoms with Crippen LogP contribution in [0.2, 0.25) is 0 Å². The SMILES string of the molecule is COc1cc(OC)cc(C(=O)NCC(=O)O[C@H](C)C(=O)Nc2cccc(C)c2)c1. The van der Waals surface area contributed by atoms with Crippen LogP contribution in [0.3, 0.4) is 0 Å². The molecule has 0 heterocycles. The summed E-state index contributed by atoms with van der Waals surface area (Å²) < 4.78 is 15.3. The topological polar surface area (TPSA) is 103 Å². The molecule has 0 saturated heterocycles. The van der Waals surface area contributed by atoms with E-state index in [1.165, 1.54) is 33.3 Å². The summed E-state index contributed by atoms with van der Waals surface area (Å²) >= 11 is 0. The van der Waals surface area contributed by atoms with Crippen molar-refractivity contribution in [1.29, 1.82) is 0 Å². The van der Waals surface area contributed by atoms with Crippen molar-refractivity contribution in [3.05, 3.63) is 53.6 Å². The van der Waals surface area contributed by atoms with E-state index in [0.29, 0.717) is 17.2 Å². The largest absolute Gasteiger partial charge is 0.497 e. The smallest absolute Gasteiger partial charge is 0.326 e. The van der Waals surface area contributed by atoms with E-state index in [2.05, 4.69) is 10.6 Å². The molecule has 0 bridgehead atoms. The molecule has 8 nitrogen and oxygen atoms in total. The second kappa shape index (κ2) is 10.1. The Labute approximate surface area is 169 Å². The summed E-state index contributed by atoms with van der Waals surface area (Å²) in [5, 5.41) is 5.12. The summed E-state index contributed by atoms with van der Waals surface area (Å²) in [4.78, 5) is 36.4. The number of esters is 1. The van der Waals surface area contributed by atoms with Gasteiger partial charge in [0, 0.05) is 17.3 Å². The summed E-state index contributed by atoms with van der Waals surface area (Å²) in [6.07, 6.45) is -1.02. The molecule has 2 aromatic rings. The van der Waals surface area contributed by atoms with E-state index < -0.39 is 23.9 Å². The third-order valence-electron chi connectivity index (χ3n) is 3.97. The van der Waals surface area contributed by atoms with Gasteiger partial charge in [0.05, 0.1) is 14.2 Å². The van der Waals surface area contributed by atoms with Gasteiger partial charge in [-0.3, -0.25) is 14.4 Å². The number of carbonyl (C=O) groups excluding carboxylic acids is 3. The molecule has 0 aliphatic heterocycles. The second-order valence-electron chi connectivity index (χ2n) is 6.27. The van der Waals surface area contributed by atoms with Crippen LogP contribution < -0.4 is 20.1 Å². The molecule has 0 spiro atoms. The highest BCUT2D eigenvalue weighted by molar-refractivity contribution is 5.97. The maximum absolute atomic E-state index is 12.3. The first-order chi connectivity index (χ1) is 13.8. The van der Waals surface area contributed by atoms with E-state index in [1.54, 1.807) is 18.2 Å². The van der Waals surface area contributed by atoms with Crippen molar-refractivity contribution < 1.29 is 28.6 Å². The second-order valence-corrected chi connectivity index (χ2v) is 6.27. The molecule has 1 atom stereocenters. The van der Waals surface area contributed by atoms with Crippen molar-refractivity contribution in [1.82, 2.24) is 5.32 Å². The monoisotopic (exact) mass is 400 g/mol. The van der Waals surface area contributed by atoms with Crippen molar-refractivity contribution in [2.24, 2.45) is 0 Å². The van der Waals surface area contributed by atoms with Crippen LogP contribution in [0.15, 0.2) is 42.5 Å². The van der Waals surface area contributed by atoms with Crippen LogP contribution in [0.1, 0.15) is 22.8 Å². The Morgan fingerprint density at radius 1 is 1.00 bits per heavy atom. The number of aryl methyl sites for hydroxylation is 1. The number of nitrogens with one attached hydrogen (secondary N) is 2. The molecule has 2 aromatic carbocycles. The van der Waals surface area contributed by atoms with Gasteiger partial charge >= 0.3 is 5.97 Å². The Morgan fingerprint density at radius 2 is 1.66 bits per heavy atom. The van der Waals surface area contributed by atoms with Gasteiger partial charge < -0.3 is 24.8 Å². The van der Waals surface area contributed by atoms with Crippen LogP contribution in [0.25, 0.3) is 0 Å². The molecule has 2 rings (SSSR count). The highest BCUT2D eigenvalue weighted by Gasteiger charge is 2.19. The lowest BCUT2D eigenvalue weighted by Gasteiger charge is -2.14.